The summed E-state index contributed by atoms with van der Waals surface area (Å²) in [6.07, 6.45) is 1.10. The molecule has 0 radical (unpaired) electrons. The maximum absolute atomic E-state index is 12.5. The molecule has 0 aliphatic carbocycles. The number of urea groups is 1. The number of carbonyl (C=O) groups excluding carboxylic acids is 3. The fraction of sp³-hybridized carbons (Fsp3) is 0.500. The van der Waals surface area contributed by atoms with Crippen LogP contribution in [0.4, 0.5) is 10.5 Å². The highest BCUT2D eigenvalue weighted by molar-refractivity contribution is 6.13. The minimum Gasteiger partial charge on any atom is -0.341 e. The number of carbonyl (C=O) groups is 3. The van der Waals surface area contributed by atoms with Gasteiger partial charge < -0.3 is 4.90 Å². The molecule has 2 heterocycles. The largest absolute Gasteiger partial charge is 0.341 e. The van der Waals surface area contributed by atoms with Crippen LogP contribution in [0.25, 0.3) is 0 Å². The number of hydrogen-bond acceptors (Lipinski definition) is 3. The van der Waals surface area contributed by atoms with Gasteiger partial charge in [-0.1, -0.05) is 32.0 Å². The first-order chi connectivity index (χ1) is 11.5. The molecule has 1 aromatic rings. The van der Waals surface area contributed by atoms with Crippen LogP contribution in [0.5, 0.6) is 0 Å². The van der Waals surface area contributed by atoms with Crippen molar-refractivity contribution in [2.24, 2.45) is 11.8 Å². The molecule has 1 aromatic carbocycles. The van der Waals surface area contributed by atoms with Gasteiger partial charge in [0.25, 0.3) is 5.91 Å². The Balaban J connectivity index is 1.68. The van der Waals surface area contributed by atoms with Crippen molar-refractivity contribution in [3.05, 3.63) is 30.3 Å². The number of benzene rings is 1. The summed E-state index contributed by atoms with van der Waals surface area (Å²) in [5.74, 6) is 0.423. The quantitative estimate of drug-likeness (QED) is 0.797. The third kappa shape index (κ3) is 3.27. The zero-order valence-electron chi connectivity index (χ0n) is 14.1. The summed E-state index contributed by atoms with van der Waals surface area (Å²) < 4.78 is 0. The Labute approximate surface area is 142 Å². The molecule has 0 spiro atoms. The highest BCUT2D eigenvalue weighted by Crippen LogP contribution is 2.23. The normalized spacial score (nSPS) is 24.7. The summed E-state index contributed by atoms with van der Waals surface area (Å²) in [4.78, 5) is 41.5. The maximum Gasteiger partial charge on any atom is 0.332 e. The van der Waals surface area contributed by atoms with E-state index in [1.54, 1.807) is 17.0 Å². The van der Waals surface area contributed by atoms with E-state index in [0.717, 1.165) is 11.3 Å². The second-order valence-corrected chi connectivity index (χ2v) is 6.93. The van der Waals surface area contributed by atoms with Gasteiger partial charge in [-0.3, -0.25) is 19.4 Å². The SMILES string of the molecule is CC1CC(C)CN(C(=O)CN2C(=O)CN(c3ccccc3)C2=O)C1. The number of amides is 4. The summed E-state index contributed by atoms with van der Waals surface area (Å²) in [5, 5.41) is 0. The molecule has 2 aliphatic heterocycles. The molecule has 2 unspecified atom stereocenters. The molecule has 2 fully saturated rings. The highest BCUT2D eigenvalue weighted by atomic mass is 16.2. The molecule has 24 heavy (non-hydrogen) atoms. The minimum absolute atomic E-state index is 0.0110. The topological polar surface area (TPSA) is 60.9 Å². The lowest BCUT2D eigenvalue weighted by Gasteiger charge is -2.35. The van der Waals surface area contributed by atoms with Crippen LogP contribution in [0.1, 0.15) is 20.3 Å². The van der Waals surface area contributed by atoms with Gasteiger partial charge in [-0.05, 0) is 30.4 Å². The second kappa shape index (κ2) is 6.63. The molecule has 0 N–H and O–H groups in total. The van der Waals surface area contributed by atoms with E-state index in [-0.39, 0.29) is 24.9 Å². The van der Waals surface area contributed by atoms with E-state index in [9.17, 15) is 14.4 Å². The summed E-state index contributed by atoms with van der Waals surface area (Å²) in [7, 11) is 0. The van der Waals surface area contributed by atoms with Crippen LogP contribution in [0, 0.1) is 11.8 Å². The Kier molecular flexibility index (Phi) is 4.55. The summed E-state index contributed by atoms with van der Waals surface area (Å²) >= 11 is 0. The van der Waals surface area contributed by atoms with Crippen molar-refractivity contribution < 1.29 is 14.4 Å². The van der Waals surface area contributed by atoms with Gasteiger partial charge in [0.05, 0.1) is 0 Å². The maximum atomic E-state index is 12.5. The van der Waals surface area contributed by atoms with Crippen molar-refractivity contribution in [2.45, 2.75) is 20.3 Å². The number of nitrogens with zero attached hydrogens (tertiary/aromatic N) is 3. The van der Waals surface area contributed by atoms with Gasteiger partial charge in [0.2, 0.25) is 5.91 Å². The number of para-hydroxylation sites is 1. The standard InChI is InChI=1S/C18H23N3O3/c1-13-8-14(2)10-19(9-13)16(22)11-21-17(23)12-20(18(21)24)15-6-4-3-5-7-15/h3-7,13-14H,8-12H2,1-2H3. The summed E-state index contributed by atoms with van der Waals surface area (Å²) in [6, 6.07) is 8.63. The first kappa shape index (κ1) is 16.5. The molecular weight excluding hydrogens is 306 g/mol. The third-order valence-electron chi connectivity index (χ3n) is 4.64. The van der Waals surface area contributed by atoms with Crippen LogP contribution in [0.15, 0.2) is 30.3 Å². The van der Waals surface area contributed by atoms with Gasteiger partial charge in [-0.25, -0.2) is 4.79 Å². The summed E-state index contributed by atoms with van der Waals surface area (Å²) in [5.41, 5.74) is 0.672. The Morgan fingerprint density at radius 2 is 1.71 bits per heavy atom. The Bertz CT molecular complexity index is 636. The monoisotopic (exact) mass is 329 g/mol. The van der Waals surface area contributed by atoms with Crippen LogP contribution in [-0.4, -0.2) is 53.8 Å². The van der Waals surface area contributed by atoms with Crippen LogP contribution in [0.3, 0.4) is 0 Å². The van der Waals surface area contributed by atoms with Crippen molar-refractivity contribution in [3.63, 3.8) is 0 Å². The zero-order valence-corrected chi connectivity index (χ0v) is 14.1. The molecule has 2 saturated heterocycles. The fourth-order valence-electron chi connectivity index (χ4n) is 3.61. The number of rotatable bonds is 3. The predicted octanol–water partition coefficient (Wildman–Crippen LogP) is 1.96. The number of hydrogen-bond donors (Lipinski definition) is 0. The van der Waals surface area contributed by atoms with E-state index < -0.39 is 6.03 Å². The van der Waals surface area contributed by atoms with Crippen LogP contribution < -0.4 is 4.90 Å². The van der Waals surface area contributed by atoms with Crippen molar-refractivity contribution in [2.75, 3.05) is 31.1 Å². The molecule has 128 valence electrons. The molecule has 0 bridgehead atoms. The molecule has 6 heteroatoms. The average molecular weight is 329 g/mol. The number of likely N-dealkylation sites (tertiary alicyclic amines) is 1. The van der Waals surface area contributed by atoms with Gasteiger partial charge in [0.1, 0.15) is 13.1 Å². The lowest BCUT2D eigenvalue weighted by atomic mass is 9.92. The first-order valence-electron chi connectivity index (χ1n) is 8.40. The van der Waals surface area contributed by atoms with E-state index in [1.165, 1.54) is 4.90 Å². The van der Waals surface area contributed by atoms with E-state index in [4.69, 9.17) is 0 Å². The van der Waals surface area contributed by atoms with E-state index in [0.29, 0.717) is 30.6 Å². The number of piperidine rings is 1. The molecule has 4 amide bonds. The Morgan fingerprint density at radius 3 is 2.33 bits per heavy atom. The minimum atomic E-state index is -0.419. The van der Waals surface area contributed by atoms with Crippen LogP contribution in [0.2, 0.25) is 0 Å². The molecule has 0 aromatic heterocycles. The average Bonchev–Trinajstić information content (AvgIpc) is 2.83. The lowest BCUT2D eigenvalue weighted by molar-refractivity contribution is -0.138. The Morgan fingerprint density at radius 1 is 1.08 bits per heavy atom. The fourth-order valence-corrected chi connectivity index (χ4v) is 3.61. The lowest BCUT2D eigenvalue weighted by Crippen LogP contribution is -2.48. The molecular formula is C18H23N3O3. The highest BCUT2D eigenvalue weighted by Gasteiger charge is 2.39. The van der Waals surface area contributed by atoms with Gasteiger partial charge in [0, 0.05) is 18.8 Å². The molecule has 6 nitrogen and oxygen atoms in total. The number of anilines is 1. The van der Waals surface area contributed by atoms with Crippen LogP contribution >= 0.6 is 0 Å². The summed E-state index contributed by atoms with van der Waals surface area (Å²) in [6.45, 7) is 5.46. The van der Waals surface area contributed by atoms with Crippen molar-refractivity contribution >= 4 is 23.5 Å². The Hall–Kier alpha value is -2.37. The van der Waals surface area contributed by atoms with Gasteiger partial charge in [0.15, 0.2) is 0 Å². The molecule has 0 saturated carbocycles. The van der Waals surface area contributed by atoms with E-state index >= 15 is 0 Å². The van der Waals surface area contributed by atoms with Gasteiger partial charge in [-0.15, -0.1) is 0 Å². The third-order valence-corrected chi connectivity index (χ3v) is 4.64. The number of imide groups is 1. The smallest absolute Gasteiger partial charge is 0.332 e. The van der Waals surface area contributed by atoms with Crippen molar-refractivity contribution in [1.29, 1.82) is 0 Å². The van der Waals surface area contributed by atoms with E-state index in [1.807, 2.05) is 18.2 Å². The van der Waals surface area contributed by atoms with Crippen LogP contribution in [-0.2, 0) is 9.59 Å². The van der Waals surface area contributed by atoms with E-state index in [2.05, 4.69) is 13.8 Å². The van der Waals surface area contributed by atoms with Crippen molar-refractivity contribution in [3.8, 4) is 0 Å². The molecule has 2 aliphatic rings. The van der Waals surface area contributed by atoms with Gasteiger partial charge >= 0.3 is 6.03 Å². The van der Waals surface area contributed by atoms with Gasteiger partial charge in [-0.2, -0.15) is 0 Å². The van der Waals surface area contributed by atoms with Crippen molar-refractivity contribution in [1.82, 2.24) is 9.80 Å². The predicted molar refractivity (Wildman–Crippen MR) is 90.4 cm³/mol. The molecule has 3 rings (SSSR count). The zero-order chi connectivity index (χ0) is 17.3. The second-order valence-electron chi connectivity index (χ2n) is 6.93. The molecule has 2 atom stereocenters. The first-order valence-corrected chi connectivity index (χ1v) is 8.40.